The molecule has 1 aromatic heterocycles. The highest BCUT2D eigenvalue weighted by Gasteiger charge is 2.40. The van der Waals surface area contributed by atoms with Crippen LogP contribution in [0.15, 0.2) is 48.5 Å². The van der Waals surface area contributed by atoms with Crippen molar-refractivity contribution in [2.75, 3.05) is 30.9 Å². The lowest BCUT2D eigenvalue weighted by Gasteiger charge is -2.24. The highest BCUT2D eigenvalue weighted by atomic mass is 35.5. The molecule has 0 saturated carbocycles. The largest absolute Gasteiger partial charge is 0.497 e. The van der Waals surface area contributed by atoms with Crippen LogP contribution in [-0.4, -0.2) is 47.5 Å². The standard InChI is InChI=1S/C28H33ClN4O3S/c1-6-14-30-22(34)16-32-23(35)17-37-25(18-8-7-9-19(29)15-18)24-26(28(2,3)4)31-33(27(24)32)20-10-12-21(36-5)13-11-20/h7-13,15,25H,6,14,16-17H2,1-5H3,(H,30,34). The first-order chi connectivity index (χ1) is 17.6. The molecule has 1 N–H and O–H groups in total. The number of fused-ring (bicyclic) bond motifs is 1. The summed E-state index contributed by atoms with van der Waals surface area (Å²) in [5, 5.41) is 8.43. The second-order valence-electron chi connectivity index (χ2n) is 10.0. The van der Waals surface area contributed by atoms with Crippen LogP contribution in [0.2, 0.25) is 5.02 Å². The van der Waals surface area contributed by atoms with E-state index in [9.17, 15) is 9.59 Å². The molecule has 0 spiro atoms. The minimum absolute atomic E-state index is 0.0832. The molecule has 1 atom stereocenters. The molecule has 2 amide bonds. The van der Waals surface area contributed by atoms with Crippen LogP contribution >= 0.6 is 23.4 Å². The normalized spacial score (nSPS) is 15.8. The maximum absolute atomic E-state index is 13.6. The number of ether oxygens (including phenoxy) is 1. The fraction of sp³-hybridized carbons (Fsp3) is 0.393. The van der Waals surface area contributed by atoms with Crippen LogP contribution in [0.3, 0.4) is 0 Å². The van der Waals surface area contributed by atoms with Crippen molar-refractivity contribution in [3.05, 3.63) is 70.4 Å². The Morgan fingerprint density at radius 3 is 2.57 bits per heavy atom. The van der Waals surface area contributed by atoms with Crippen molar-refractivity contribution in [2.45, 2.75) is 44.8 Å². The number of nitrogens with one attached hydrogen (secondary N) is 1. The van der Waals surface area contributed by atoms with Crippen molar-refractivity contribution in [2.24, 2.45) is 0 Å². The van der Waals surface area contributed by atoms with Gasteiger partial charge in [-0.2, -0.15) is 5.10 Å². The zero-order chi connectivity index (χ0) is 26.7. The van der Waals surface area contributed by atoms with E-state index in [-0.39, 0.29) is 34.8 Å². The first-order valence-electron chi connectivity index (χ1n) is 12.4. The van der Waals surface area contributed by atoms with Gasteiger partial charge in [0.25, 0.3) is 0 Å². The Balaban J connectivity index is 1.98. The average molecular weight is 541 g/mol. The Morgan fingerprint density at radius 2 is 1.95 bits per heavy atom. The lowest BCUT2D eigenvalue weighted by Crippen LogP contribution is -2.42. The number of amides is 2. The summed E-state index contributed by atoms with van der Waals surface area (Å²) in [6.45, 7) is 8.80. The summed E-state index contributed by atoms with van der Waals surface area (Å²) >= 11 is 7.93. The number of thioether (sulfide) groups is 1. The summed E-state index contributed by atoms with van der Waals surface area (Å²) in [5.74, 6) is 1.21. The lowest BCUT2D eigenvalue weighted by atomic mass is 9.87. The molecule has 0 aliphatic carbocycles. The van der Waals surface area contributed by atoms with Gasteiger partial charge in [-0.3, -0.25) is 14.5 Å². The summed E-state index contributed by atoms with van der Waals surface area (Å²) in [6.07, 6.45) is 0.815. The van der Waals surface area contributed by atoms with Crippen molar-refractivity contribution < 1.29 is 14.3 Å². The predicted octanol–water partition coefficient (Wildman–Crippen LogP) is 5.53. The molecule has 7 nitrogen and oxygen atoms in total. The molecular formula is C28H33ClN4O3S. The molecule has 3 aromatic rings. The van der Waals surface area contributed by atoms with Crippen molar-refractivity contribution >= 4 is 41.0 Å². The molecule has 1 aliphatic heterocycles. The molecule has 9 heteroatoms. The highest BCUT2D eigenvalue weighted by molar-refractivity contribution is 8.00. The first-order valence-corrected chi connectivity index (χ1v) is 13.8. The van der Waals surface area contributed by atoms with Crippen LogP contribution in [0.1, 0.15) is 56.2 Å². The maximum atomic E-state index is 13.6. The van der Waals surface area contributed by atoms with Gasteiger partial charge in [-0.1, -0.05) is 51.4 Å². The van der Waals surface area contributed by atoms with Gasteiger partial charge >= 0.3 is 0 Å². The van der Waals surface area contributed by atoms with Gasteiger partial charge in [0, 0.05) is 22.5 Å². The Hall–Kier alpha value is -2.97. The Labute approximate surface area is 227 Å². The van der Waals surface area contributed by atoms with Crippen molar-refractivity contribution in [3.8, 4) is 11.4 Å². The molecular weight excluding hydrogens is 508 g/mol. The SMILES string of the molecule is CCCNC(=O)CN1C(=O)CSC(c2cccc(Cl)c2)c2c(C(C)(C)C)nn(-c3ccc(OC)cc3)c21. The Bertz CT molecular complexity index is 1280. The summed E-state index contributed by atoms with van der Waals surface area (Å²) < 4.78 is 7.14. The van der Waals surface area contributed by atoms with Gasteiger partial charge < -0.3 is 10.1 Å². The van der Waals surface area contributed by atoms with Crippen LogP contribution < -0.4 is 15.0 Å². The topological polar surface area (TPSA) is 76.5 Å². The fourth-order valence-electron chi connectivity index (χ4n) is 4.37. The molecule has 2 aromatic carbocycles. The smallest absolute Gasteiger partial charge is 0.240 e. The maximum Gasteiger partial charge on any atom is 0.240 e. The van der Waals surface area contributed by atoms with Gasteiger partial charge in [-0.05, 0) is 48.4 Å². The van der Waals surface area contributed by atoms with E-state index in [1.54, 1.807) is 16.7 Å². The first kappa shape index (κ1) is 27.1. The van der Waals surface area contributed by atoms with E-state index in [1.807, 2.05) is 55.5 Å². The van der Waals surface area contributed by atoms with Crippen molar-refractivity contribution in [3.63, 3.8) is 0 Å². The molecule has 1 unspecified atom stereocenters. The highest BCUT2D eigenvalue weighted by Crippen LogP contribution is 2.48. The van der Waals surface area contributed by atoms with E-state index in [0.29, 0.717) is 17.4 Å². The van der Waals surface area contributed by atoms with Crippen LogP contribution in [0.25, 0.3) is 5.69 Å². The van der Waals surface area contributed by atoms with Crippen molar-refractivity contribution in [1.29, 1.82) is 0 Å². The molecule has 0 saturated heterocycles. The Morgan fingerprint density at radius 1 is 1.22 bits per heavy atom. The fourth-order valence-corrected chi connectivity index (χ4v) is 5.76. The van der Waals surface area contributed by atoms with E-state index in [1.165, 1.54) is 11.8 Å². The van der Waals surface area contributed by atoms with E-state index in [4.69, 9.17) is 21.4 Å². The van der Waals surface area contributed by atoms with Crippen LogP contribution in [0, 0.1) is 0 Å². The number of hydrogen-bond acceptors (Lipinski definition) is 5. The van der Waals surface area contributed by atoms with E-state index in [0.717, 1.165) is 34.7 Å². The average Bonchev–Trinajstić information content (AvgIpc) is 3.20. The lowest BCUT2D eigenvalue weighted by molar-refractivity contribution is -0.122. The zero-order valence-electron chi connectivity index (χ0n) is 21.9. The summed E-state index contributed by atoms with van der Waals surface area (Å²) in [6, 6.07) is 15.3. The summed E-state index contributed by atoms with van der Waals surface area (Å²) in [5.41, 5.74) is 3.22. The van der Waals surface area contributed by atoms with Crippen LogP contribution in [0.5, 0.6) is 5.75 Å². The Kier molecular flexibility index (Phi) is 8.19. The number of carbonyl (C=O) groups excluding carboxylic acids is 2. The van der Waals surface area contributed by atoms with Crippen molar-refractivity contribution in [1.82, 2.24) is 15.1 Å². The van der Waals surface area contributed by atoms with Gasteiger partial charge in [0.2, 0.25) is 11.8 Å². The van der Waals surface area contributed by atoms with E-state index >= 15 is 0 Å². The third kappa shape index (κ3) is 5.80. The van der Waals surface area contributed by atoms with E-state index < -0.39 is 0 Å². The number of hydrogen-bond donors (Lipinski definition) is 1. The number of carbonyl (C=O) groups is 2. The molecule has 0 radical (unpaired) electrons. The van der Waals surface area contributed by atoms with E-state index in [2.05, 4.69) is 26.1 Å². The van der Waals surface area contributed by atoms with Gasteiger partial charge in [0.1, 0.15) is 18.1 Å². The molecule has 196 valence electrons. The van der Waals surface area contributed by atoms with Gasteiger partial charge in [0.15, 0.2) is 0 Å². The van der Waals surface area contributed by atoms with Gasteiger partial charge in [-0.25, -0.2) is 4.68 Å². The number of benzene rings is 2. The second-order valence-corrected chi connectivity index (χ2v) is 11.6. The molecule has 2 heterocycles. The molecule has 1 aliphatic rings. The monoisotopic (exact) mass is 540 g/mol. The number of anilines is 1. The third-order valence-electron chi connectivity index (χ3n) is 6.14. The quantitative estimate of drug-likeness (QED) is 0.426. The zero-order valence-corrected chi connectivity index (χ0v) is 23.4. The number of rotatable bonds is 7. The minimum atomic E-state index is -0.331. The minimum Gasteiger partial charge on any atom is -0.497 e. The van der Waals surface area contributed by atoms with Gasteiger partial charge in [-0.15, -0.1) is 11.8 Å². The second kappa shape index (κ2) is 11.2. The molecule has 0 fully saturated rings. The molecule has 37 heavy (non-hydrogen) atoms. The summed E-state index contributed by atoms with van der Waals surface area (Å²) in [7, 11) is 1.62. The summed E-state index contributed by atoms with van der Waals surface area (Å²) in [4.78, 5) is 28.1. The van der Waals surface area contributed by atoms with Crippen LogP contribution in [0.4, 0.5) is 5.82 Å². The molecule has 4 rings (SSSR count). The van der Waals surface area contributed by atoms with Crippen LogP contribution in [-0.2, 0) is 15.0 Å². The molecule has 0 bridgehead atoms. The number of halogens is 1. The third-order valence-corrected chi connectivity index (χ3v) is 7.63. The predicted molar refractivity (Wildman–Crippen MR) is 150 cm³/mol. The van der Waals surface area contributed by atoms with Gasteiger partial charge in [0.05, 0.1) is 29.5 Å². The number of nitrogens with zero attached hydrogens (tertiary/aromatic N) is 3. The number of aromatic nitrogens is 2. The number of methoxy groups -OCH3 is 1.